The van der Waals surface area contributed by atoms with Crippen LogP contribution in [-0.2, 0) is 21.4 Å². The van der Waals surface area contributed by atoms with Crippen LogP contribution in [0.2, 0.25) is 0 Å². The smallest absolute Gasteiger partial charge is 0.304 e. The number of benzene rings is 2. The topological polar surface area (TPSA) is 101 Å². The summed E-state index contributed by atoms with van der Waals surface area (Å²) in [6, 6.07) is 14.0. The number of pyridine rings is 1. The maximum absolute atomic E-state index is 13.6. The van der Waals surface area contributed by atoms with Gasteiger partial charge in [-0.2, -0.15) is 4.31 Å². The van der Waals surface area contributed by atoms with Crippen molar-refractivity contribution in [2.75, 3.05) is 6.54 Å². The minimum Gasteiger partial charge on any atom is -0.481 e. The molecule has 2 heterocycles. The van der Waals surface area contributed by atoms with Gasteiger partial charge in [0.25, 0.3) is 0 Å². The molecule has 2 atom stereocenters. The second-order valence-corrected chi connectivity index (χ2v) is 11.1. The van der Waals surface area contributed by atoms with Gasteiger partial charge in [0, 0.05) is 18.7 Å². The SMILES string of the molecule is [C-]#[N+]c1ccc(C(CC(=O)O)c2ccc(C)c(CN3CC(CC)Oc4ncccc4S3(=O)=O)c2)c(C)c1. The van der Waals surface area contributed by atoms with Crippen molar-refractivity contribution in [2.24, 2.45) is 0 Å². The van der Waals surface area contributed by atoms with E-state index in [0.29, 0.717) is 12.1 Å². The fraction of sp³-hybridized carbons (Fsp3) is 0.321. The van der Waals surface area contributed by atoms with Crippen LogP contribution in [0.3, 0.4) is 0 Å². The van der Waals surface area contributed by atoms with E-state index < -0.39 is 21.9 Å². The van der Waals surface area contributed by atoms with Crippen LogP contribution in [-0.4, -0.2) is 41.4 Å². The number of rotatable bonds is 7. The van der Waals surface area contributed by atoms with Gasteiger partial charge < -0.3 is 9.84 Å². The molecule has 8 nitrogen and oxygen atoms in total. The van der Waals surface area contributed by atoms with Gasteiger partial charge in [0.1, 0.15) is 11.0 Å². The molecule has 2 unspecified atom stereocenters. The lowest BCUT2D eigenvalue weighted by molar-refractivity contribution is -0.137. The summed E-state index contributed by atoms with van der Waals surface area (Å²) in [6.45, 7) is 13.3. The van der Waals surface area contributed by atoms with Gasteiger partial charge in [0.05, 0.1) is 19.5 Å². The molecule has 1 aliphatic rings. The molecule has 0 bridgehead atoms. The van der Waals surface area contributed by atoms with Crippen molar-refractivity contribution in [3.05, 3.63) is 94.0 Å². The highest BCUT2D eigenvalue weighted by Crippen LogP contribution is 2.35. The first-order valence-corrected chi connectivity index (χ1v) is 13.5. The van der Waals surface area contributed by atoms with Crippen molar-refractivity contribution in [1.29, 1.82) is 0 Å². The zero-order valence-electron chi connectivity index (χ0n) is 21.0. The Kier molecular flexibility index (Phi) is 7.62. The molecule has 1 N–H and O–H groups in total. The number of fused-ring (bicyclic) bond motifs is 1. The van der Waals surface area contributed by atoms with Gasteiger partial charge in [0.15, 0.2) is 5.69 Å². The summed E-state index contributed by atoms with van der Waals surface area (Å²) in [5.74, 6) is -1.28. The zero-order chi connectivity index (χ0) is 26.7. The van der Waals surface area contributed by atoms with Crippen LogP contribution >= 0.6 is 0 Å². The minimum atomic E-state index is -3.87. The van der Waals surface area contributed by atoms with Crippen molar-refractivity contribution >= 4 is 21.7 Å². The lowest BCUT2D eigenvalue weighted by Gasteiger charge is -2.25. The molecule has 9 heteroatoms. The van der Waals surface area contributed by atoms with E-state index in [0.717, 1.165) is 27.8 Å². The van der Waals surface area contributed by atoms with Crippen LogP contribution in [0.5, 0.6) is 5.88 Å². The van der Waals surface area contributed by atoms with Crippen LogP contribution in [0.25, 0.3) is 4.85 Å². The Balaban J connectivity index is 1.75. The van der Waals surface area contributed by atoms with E-state index in [1.165, 1.54) is 16.6 Å². The van der Waals surface area contributed by atoms with E-state index in [1.54, 1.807) is 18.2 Å². The van der Waals surface area contributed by atoms with Crippen LogP contribution in [0.4, 0.5) is 5.69 Å². The fourth-order valence-corrected chi connectivity index (χ4v) is 6.17. The standard InChI is InChI=1S/C28H29N3O5S/c1-5-23-17-31(37(34,35)26-7-6-12-30-28(26)36-23)16-21-14-20(9-8-18(21)2)25(15-27(32)33)24-11-10-22(29-4)13-19(24)3/h6-14,23,25H,5,15-17H2,1-3H3,(H,32,33). The number of aromatic nitrogens is 1. The molecule has 0 fully saturated rings. The monoisotopic (exact) mass is 519 g/mol. The highest BCUT2D eigenvalue weighted by Gasteiger charge is 2.35. The van der Waals surface area contributed by atoms with E-state index >= 15 is 0 Å². The highest BCUT2D eigenvalue weighted by atomic mass is 32.2. The molecule has 3 aromatic rings. The van der Waals surface area contributed by atoms with Gasteiger partial charge in [-0.15, -0.1) is 0 Å². The molecule has 37 heavy (non-hydrogen) atoms. The summed E-state index contributed by atoms with van der Waals surface area (Å²) in [4.78, 5) is 19.5. The highest BCUT2D eigenvalue weighted by molar-refractivity contribution is 7.89. The van der Waals surface area contributed by atoms with Gasteiger partial charge in [-0.25, -0.2) is 18.2 Å². The van der Waals surface area contributed by atoms with Crippen LogP contribution in [0, 0.1) is 20.4 Å². The van der Waals surface area contributed by atoms with Gasteiger partial charge >= 0.3 is 5.97 Å². The number of hydrogen-bond acceptors (Lipinski definition) is 5. The number of hydrogen-bond donors (Lipinski definition) is 1. The number of aliphatic carboxylic acids is 1. The molecule has 2 aromatic carbocycles. The lowest BCUT2D eigenvalue weighted by Crippen LogP contribution is -2.36. The minimum absolute atomic E-state index is 0.0408. The van der Waals surface area contributed by atoms with Crippen molar-refractivity contribution in [1.82, 2.24) is 9.29 Å². The van der Waals surface area contributed by atoms with Crippen LogP contribution in [0.1, 0.15) is 53.5 Å². The zero-order valence-corrected chi connectivity index (χ0v) is 21.8. The van der Waals surface area contributed by atoms with Gasteiger partial charge in [-0.3, -0.25) is 4.79 Å². The Morgan fingerprint density at radius 1 is 1.22 bits per heavy atom. The summed E-state index contributed by atoms with van der Waals surface area (Å²) in [5, 5.41) is 9.68. The number of aryl methyl sites for hydroxylation is 2. The maximum atomic E-state index is 13.6. The van der Waals surface area contributed by atoms with E-state index in [1.807, 2.05) is 45.0 Å². The summed E-state index contributed by atoms with van der Waals surface area (Å²) in [5.41, 5.74) is 4.62. The van der Waals surface area contributed by atoms with E-state index in [2.05, 4.69) is 9.83 Å². The molecular weight excluding hydrogens is 490 g/mol. The second-order valence-electron chi connectivity index (χ2n) is 9.24. The molecule has 0 amide bonds. The number of carboxylic acids is 1. The average Bonchev–Trinajstić information content (AvgIpc) is 2.97. The van der Waals surface area contributed by atoms with Crippen molar-refractivity contribution in [3.8, 4) is 5.88 Å². The lowest BCUT2D eigenvalue weighted by atomic mass is 9.84. The van der Waals surface area contributed by atoms with Crippen LogP contribution < -0.4 is 4.74 Å². The Labute approximate surface area is 217 Å². The predicted molar refractivity (Wildman–Crippen MR) is 139 cm³/mol. The normalized spacial score (nSPS) is 17.6. The van der Waals surface area contributed by atoms with E-state index in [-0.39, 0.29) is 36.4 Å². The number of carbonyl (C=O) groups is 1. The molecule has 0 radical (unpaired) electrons. The Bertz CT molecular complexity index is 1480. The molecule has 1 aromatic heterocycles. The first-order chi connectivity index (χ1) is 17.6. The molecule has 0 aliphatic carbocycles. The van der Waals surface area contributed by atoms with E-state index in [4.69, 9.17) is 11.3 Å². The number of nitrogens with zero attached hydrogens (tertiary/aromatic N) is 3. The van der Waals surface area contributed by atoms with Gasteiger partial charge in [-0.05, 0) is 54.7 Å². The summed E-state index contributed by atoms with van der Waals surface area (Å²) in [7, 11) is -3.87. The molecule has 0 saturated heterocycles. The second kappa shape index (κ2) is 10.7. The van der Waals surface area contributed by atoms with Crippen molar-refractivity contribution < 1.29 is 23.1 Å². The molecule has 0 spiro atoms. The Hall–Kier alpha value is -3.74. The van der Waals surface area contributed by atoms with E-state index in [9.17, 15) is 18.3 Å². The fourth-order valence-electron chi connectivity index (χ4n) is 4.65. The average molecular weight is 520 g/mol. The third kappa shape index (κ3) is 5.50. The molecule has 192 valence electrons. The summed E-state index contributed by atoms with van der Waals surface area (Å²) in [6.07, 6.45) is 1.65. The first-order valence-electron chi connectivity index (χ1n) is 12.0. The molecular formula is C28H29N3O5S. The van der Waals surface area contributed by atoms with Gasteiger partial charge in [-0.1, -0.05) is 48.9 Å². The number of carboxylic acid groups (broad SMARTS) is 1. The quantitative estimate of drug-likeness (QED) is 0.430. The molecule has 1 aliphatic heterocycles. The molecule has 4 rings (SSSR count). The van der Waals surface area contributed by atoms with Gasteiger partial charge in [0.2, 0.25) is 15.9 Å². The third-order valence-corrected chi connectivity index (χ3v) is 8.58. The van der Waals surface area contributed by atoms with Crippen molar-refractivity contribution in [2.45, 2.75) is 57.1 Å². The van der Waals surface area contributed by atoms with Crippen LogP contribution in [0.15, 0.2) is 59.6 Å². The predicted octanol–water partition coefficient (Wildman–Crippen LogP) is 5.22. The Morgan fingerprint density at radius 2 is 2.00 bits per heavy atom. The third-order valence-electron chi connectivity index (χ3n) is 6.75. The number of sulfonamides is 1. The Morgan fingerprint density at radius 3 is 2.68 bits per heavy atom. The largest absolute Gasteiger partial charge is 0.481 e. The first kappa shape index (κ1) is 26.3. The summed E-state index contributed by atoms with van der Waals surface area (Å²) >= 11 is 0. The summed E-state index contributed by atoms with van der Waals surface area (Å²) < 4.78 is 34.5. The number of ether oxygens (including phenoxy) is 1. The van der Waals surface area contributed by atoms with Crippen molar-refractivity contribution in [3.63, 3.8) is 0 Å². The maximum Gasteiger partial charge on any atom is 0.304 e. The molecule has 0 saturated carbocycles.